The van der Waals surface area contributed by atoms with Crippen molar-refractivity contribution in [2.24, 2.45) is 0 Å². The van der Waals surface area contributed by atoms with Crippen LogP contribution in [-0.4, -0.2) is 46.8 Å². The summed E-state index contributed by atoms with van der Waals surface area (Å²) >= 11 is 0. The van der Waals surface area contributed by atoms with Gasteiger partial charge in [0.05, 0.1) is 18.5 Å². The Morgan fingerprint density at radius 1 is 1.35 bits per heavy atom. The molecule has 1 aliphatic carbocycles. The van der Waals surface area contributed by atoms with Crippen LogP contribution < -0.4 is 5.32 Å². The average Bonchev–Trinajstić information content (AvgIpc) is 2.79. The fourth-order valence-electron chi connectivity index (χ4n) is 2.86. The van der Waals surface area contributed by atoms with E-state index < -0.39 is 16.6 Å². The van der Waals surface area contributed by atoms with E-state index in [4.69, 9.17) is 9.47 Å². The van der Waals surface area contributed by atoms with Gasteiger partial charge in [0.1, 0.15) is 0 Å². The first kappa shape index (κ1) is 13.5. The monoisotopic (exact) mass is 261 g/mol. The van der Waals surface area contributed by atoms with Gasteiger partial charge in [-0.3, -0.25) is 4.21 Å². The zero-order valence-electron chi connectivity index (χ0n) is 10.7. The molecule has 0 aromatic rings. The van der Waals surface area contributed by atoms with Crippen LogP contribution in [0.5, 0.6) is 0 Å². The Kier molecular flexibility index (Phi) is 4.58. The molecule has 0 aromatic heterocycles. The third-order valence-corrected chi connectivity index (χ3v) is 5.44. The van der Waals surface area contributed by atoms with Crippen LogP contribution in [0.4, 0.5) is 0 Å². The van der Waals surface area contributed by atoms with Crippen molar-refractivity contribution in [2.45, 2.75) is 50.2 Å². The number of rotatable bonds is 4. The molecule has 3 atom stereocenters. The Morgan fingerprint density at radius 3 is 2.65 bits per heavy atom. The van der Waals surface area contributed by atoms with E-state index in [1.807, 2.05) is 6.92 Å². The molecule has 0 bridgehead atoms. The highest BCUT2D eigenvalue weighted by Gasteiger charge is 2.46. The molecule has 1 spiro atoms. The lowest BCUT2D eigenvalue weighted by Gasteiger charge is -2.40. The molecular weight excluding hydrogens is 238 g/mol. The second-order valence-electron chi connectivity index (χ2n) is 4.72. The van der Waals surface area contributed by atoms with Crippen molar-refractivity contribution >= 4 is 10.8 Å². The van der Waals surface area contributed by atoms with Crippen molar-refractivity contribution in [3.63, 3.8) is 0 Å². The largest absolute Gasteiger partial charge is 0.347 e. The molecule has 1 saturated heterocycles. The van der Waals surface area contributed by atoms with Gasteiger partial charge in [0, 0.05) is 35.4 Å². The third-order valence-electron chi connectivity index (χ3n) is 3.70. The van der Waals surface area contributed by atoms with Crippen LogP contribution in [-0.2, 0) is 20.3 Å². The van der Waals surface area contributed by atoms with Crippen molar-refractivity contribution in [3.05, 3.63) is 0 Å². The molecule has 1 heterocycles. The third kappa shape index (κ3) is 2.89. The van der Waals surface area contributed by atoms with Gasteiger partial charge in [-0.1, -0.05) is 13.8 Å². The lowest BCUT2D eigenvalue weighted by Crippen LogP contribution is -2.52. The first-order chi connectivity index (χ1) is 8.21. The van der Waals surface area contributed by atoms with Crippen LogP contribution in [0.15, 0.2) is 0 Å². The van der Waals surface area contributed by atoms with Gasteiger partial charge in [0.15, 0.2) is 5.79 Å². The Morgan fingerprint density at radius 2 is 2.06 bits per heavy atom. The van der Waals surface area contributed by atoms with Gasteiger partial charge in [-0.2, -0.15) is 0 Å². The van der Waals surface area contributed by atoms with Gasteiger partial charge in [0.2, 0.25) is 0 Å². The highest BCUT2D eigenvalue weighted by molar-refractivity contribution is 7.85. The maximum atomic E-state index is 12.2. The summed E-state index contributed by atoms with van der Waals surface area (Å²) < 4.78 is 23.6. The summed E-state index contributed by atoms with van der Waals surface area (Å²) in [6.45, 7) is 6.36. The molecule has 1 N–H and O–H groups in total. The molecule has 2 aliphatic rings. The fourth-order valence-corrected chi connectivity index (χ4v) is 4.32. The second-order valence-corrected chi connectivity index (χ2v) is 6.67. The summed E-state index contributed by atoms with van der Waals surface area (Å²) in [5.41, 5.74) is 0. The van der Waals surface area contributed by atoms with Crippen molar-refractivity contribution in [2.75, 3.05) is 25.5 Å². The molecule has 3 unspecified atom stereocenters. The highest BCUT2D eigenvalue weighted by atomic mass is 32.2. The molecule has 4 nitrogen and oxygen atoms in total. The summed E-state index contributed by atoms with van der Waals surface area (Å²) in [7, 11) is -0.790. The number of ether oxygens (including phenoxy) is 2. The highest BCUT2D eigenvalue weighted by Crippen LogP contribution is 2.37. The number of hydrogen-bond donors (Lipinski definition) is 1. The van der Waals surface area contributed by atoms with Crippen LogP contribution in [0.3, 0.4) is 0 Å². The van der Waals surface area contributed by atoms with E-state index in [-0.39, 0.29) is 5.25 Å². The molecule has 17 heavy (non-hydrogen) atoms. The predicted octanol–water partition coefficient (Wildman–Crippen LogP) is 1.03. The fraction of sp³-hybridized carbons (Fsp3) is 1.00. The Hall–Kier alpha value is 0.0300. The normalized spacial score (nSPS) is 34.0. The standard InChI is InChI=1S/C12H23NO3S/c1-3-13-10-5-6-12(15-7-8-16-12)9-11(10)17(14)4-2/h10-11,13H,3-9H2,1-2H3. The maximum absolute atomic E-state index is 12.2. The predicted molar refractivity (Wildman–Crippen MR) is 68.4 cm³/mol. The van der Waals surface area contributed by atoms with Crippen molar-refractivity contribution in [1.82, 2.24) is 5.32 Å². The lowest BCUT2D eigenvalue weighted by molar-refractivity contribution is -0.178. The smallest absolute Gasteiger partial charge is 0.169 e. The molecule has 0 radical (unpaired) electrons. The Labute approximate surface area is 106 Å². The molecule has 1 aliphatic heterocycles. The van der Waals surface area contributed by atoms with Crippen LogP contribution in [0.2, 0.25) is 0 Å². The van der Waals surface area contributed by atoms with Crippen LogP contribution >= 0.6 is 0 Å². The van der Waals surface area contributed by atoms with Gasteiger partial charge in [-0.25, -0.2) is 0 Å². The van der Waals surface area contributed by atoms with E-state index in [1.165, 1.54) is 0 Å². The molecular formula is C12H23NO3S. The number of hydrogen-bond acceptors (Lipinski definition) is 4. The van der Waals surface area contributed by atoms with E-state index >= 15 is 0 Å². The first-order valence-corrected chi connectivity index (χ1v) is 7.97. The minimum Gasteiger partial charge on any atom is -0.347 e. The first-order valence-electron chi connectivity index (χ1n) is 6.59. The summed E-state index contributed by atoms with van der Waals surface area (Å²) in [5.74, 6) is 0.282. The summed E-state index contributed by atoms with van der Waals surface area (Å²) in [6, 6.07) is 0.346. The van der Waals surface area contributed by atoms with Gasteiger partial charge in [-0.15, -0.1) is 0 Å². The average molecular weight is 261 g/mol. The van der Waals surface area contributed by atoms with E-state index in [1.54, 1.807) is 0 Å². The van der Waals surface area contributed by atoms with Crippen LogP contribution in [0.25, 0.3) is 0 Å². The zero-order chi connectivity index (χ0) is 12.3. The van der Waals surface area contributed by atoms with E-state index in [9.17, 15) is 4.21 Å². The van der Waals surface area contributed by atoms with E-state index in [0.29, 0.717) is 25.0 Å². The van der Waals surface area contributed by atoms with E-state index in [0.717, 1.165) is 25.8 Å². The van der Waals surface area contributed by atoms with Gasteiger partial charge < -0.3 is 14.8 Å². The molecule has 100 valence electrons. The quantitative estimate of drug-likeness (QED) is 0.821. The van der Waals surface area contributed by atoms with E-state index in [2.05, 4.69) is 12.2 Å². The van der Waals surface area contributed by atoms with Gasteiger partial charge in [0.25, 0.3) is 0 Å². The minimum atomic E-state index is -0.790. The van der Waals surface area contributed by atoms with Gasteiger partial charge >= 0.3 is 0 Å². The van der Waals surface area contributed by atoms with Crippen molar-refractivity contribution in [1.29, 1.82) is 0 Å². The minimum absolute atomic E-state index is 0.159. The van der Waals surface area contributed by atoms with Crippen molar-refractivity contribution < 1.29 is 13.7 Å². The molecule has 2 rings (SSSR count). The van der Waals surface area contributed by atoms with Crippen molar-refractivity contribution in [3.8, 4) is 0 Å². The van der Waals surface area contributed by atoms with Crippen LogP contribution in [0, 0.1) is 0 Å². The molecule has 2 fully saturated rings. The maximum Gasteiger partial charge on any atom is 0.169 e. The number of nitrogens with one attached hydrogen (secondary N) is 1. The Balaban J connectivity index is 2.06. The summed E-state index contributed by atoms with van der Waals surface area (Å²) in [6.07, 6.45) is 2.68. The summed E-state index contributed by atoms with van der Waals surface area (Å²) in [5, 5.41) is 3.61. The zero-order valence-corrected chi connectivity index (χ0v) is 11.6. The molecule has 5 heteroatoms. The topological polar surface area (TPSA) is 47.6 Å². The molecule has 1 saturated carbocycles. The Bertz CT molecular complexity index is 279. The second kappa shape index (κ2) is 5.78. The molecule has 0 aromatic carbocycles. The molecule has 0 amide bonds. The SMILES string of the molecule is CCNC1CCC2(CC1S(=O)CC)OCCO2. The van der Waals surface area contributed by atoms with Crippen LogP contribution in [0.1, 0.15) is 33.1 Å². The summed E-state index contributed by atoms with van der Waals surface area (Å²) in [4.78, 5) is 0. The van der Waals surface area contributed by atoms with Gasteiger partial charge in [-0.05, 0) is 13.0 Å². The lowest BCUT2D eigenvalue weighted by atomic mass is 9.89.